The molecule has 1 amide bonds. The van der Waals surface area contributed by atoms with Gasteiger partial charge in [0.1, 0.15) is 11.4 Å². The van der Waals surface area contributed by atoms with E-state index in [9.17, 15) is 4.79 Å². The summed E-state index contributed by atoms with van der Waals surface area (Å²) in [5.41, 5.74) is 3.53. The number of H-pyrrole nitrogens is 1. The van der Waals surface area contributed by atoms with Crippen molar-refractivity contribution in [2.75, 3.05) is 18.5 Å². The Bertz CT molecular complexity index is 1220. The van der Waals surface area contributed by atoms with E-state index in [0.29, 0.717) is 24.8 Å². The number of carbonyl (C=O) groups is 1. The van der Waals surface area contributed by atoms with Gasteiger partial charge in [0.25, 0.3) is 5.91 Å². The first-order valence-electron chi connectivity index (χ1n) is 10.5. The Labute approximate surface area is 186 Å². The zero-order valence-corrected chi connectivity index (χ0v) is 18.1. The molecule has 0 aliphatic carbocycles. The molecule has 0 bridgehead atoms. The highest BCUT2D eigenvalue weighted by Gasteiger charge is 2.13. The van der Waals surface area contributed by atoms with Crippen molar-refractivity contribution in [3.63, 3.8) is 0 Å². The first kappa shape index (κ1) is 21.2. The van der Waals surface area contributed by atoms with Crippen LogP contribution in [0.4, 0.5) is 5.69 Å². The lowest BCUT2D eigenvalue weighted by Gasteiger charge is -2.12. The standard InChI is InChI=1S/C24H26N6O2/c1-3-32-19-10-8-18(9-11-19)28-24(29-23(31)22-13-15-27-30(22)2)25-14-12-17-16-26-21-7-5-4-6-20(17)21/h4-11,13,15-16,26H,3,12,14H2,1-2H3,(H2,25,28,29,31). The quantitative estimate of drug-likeness (QED) is 0.307. The van der Waals surface area contributed by atoms with Crippen LogP contribution >= 0.6 is 0 Å². The van der Waals surface area contributed by atoms with Crippen LogP contribution in [0.1, 0.15) is 23.0 Å². The molecule has 8 nitrogen and oxygen atoms in total. The number of benzene rings is 2. The third-order valence-corrected chi connectivity index (χ3v) is 5.04. The van der Waals surface area contributed by atoms with Crippen molar-refractivity contribution in [1.29, 1.82) is 0 Å². The second-order valence-corrected chi connectivity index (χ2v) is 7.22. The molecule has 32 heavy (non-hydrogen) atoms. The summed E-state index contributed by atoms with van der Waals surface area (Å²) in [4.78, 5) is 20.6. The SMILES string of the molecule is CCOc1ccc(NC(=NCCc2c[nH]c3ccccc23)NC(=O)c2ccnn2C)cc1. The number of aromatic amines is 1. The molecule has 0 saturated heterocycles. The second-order valence-electron chi connectivity index (χ2n) is 7.22. The fraction of sp³-hybridized carbons (Fsp3) is 0.208. The van der Waals surface area contributed by atoms with Gasteiger partial charge in [-0.1, -0.05) is 18.2 Å². The van der Waals surface area contributed by atoms with Crippen molar-refractivity contribution >= 4 is 28.5 Å². The largest absolute Gasteiger partial charge is 0.494 e. The van der Waals surface area contributed by atoms with Crippen LogP contribution in [-0.4, -0.2) is 39.8 Å². The average molecular weight is 431 g/mol. The lowest BCUT2D eigenvalue weighted by molar-refractivity contribution is 0.0967. The topological polar surface area (TPSA) is 96.3 Å². The molecule has 3 N–H and O–H groups in total. The first-order valence-corrected chi connectivity index (χ1v) is 10.5. The summed E-state index contributed by atoms with van der Waals surface area (Å²) < 4.78 is 7.02. The van der Waals surface area contributed by atoms with Gasteiger partial charge in [0.15, 0.2) is 0 Å². The van der Waals surface area contributed by atoms with Crippen LogP contribution in [0.15, 0.2) is 72.0 Å². The zero-order valence-electron chi connectivity index (χ0n) is 18.1. The minimum atomic E-state index is -0.283. The van der Waals surface area contributed by atoms with Crippen LogP contribution in [-0.2, 0) is 13.5 Å². The smallest absolute Gasteiger partial charge is 0.276 e. The van der Waals surface area contributed by atoms with Crippen molar-refractivity contribution in [3.8, 4) is 5.75 Å². The fourth-order valence-electron chi connectivity index (χ4n) is 3.44. The number of hydrogen-bond acceptors (Lipinski definition) is 4. The molecule has 4 aromatic rings. The highest BCUT2D eigenvalue weighted by atomic mass is 16.5. The maximum Gasteiger partial charge on any atom is 0.276 e. The molecular formula is C24H26N6O2. The van der Waals surface area contributed by atoms with Gasteiger partial charge < -0.3 is 15.0 Å². The number of guanidine groups is 1. The molecule has 2 heterocycles. The van der Waals surface area contributed by atoms with Gasteiger partial charge in [0.05, 0.1) is 6.61 Å². The Kier molecular flexibility index (Phi) is 6.50. The number of ether oxygens (including phenoxy) is 1. The van der Waals surface area contributed by atoms with Gasteiger partial charge in [-0.15, -0.1) is 0 Å². The lowest BCUT2D eigenvalue weighted by Crippen LogP contribution is -2.37. The van der Waals surface area contributed by atoms with E-state index < -0.39 is 0 Å². The summed E-state index contributed by atoms with van der Waals surface area (Å²) in [6.07, 6.45) is 4.33. The van der Waals surface area contributed by atoms with Crippen molar-refractivity contribution in [1.82, 2.24) is 20.1 Å². The highest BCUT2D eigenvalue weighted by Crippen LogP contribution is 2.18. The molecule has 2 aromatic heterocycles. The van der Waals surface area contributed by atoms with E-state index in [2.05, 4.69) is 37.8 Å². The number of nitrogens with zero attached hydrogens (tertiary/aromatic N) is 3. The number of nitrogens with one attached hydrogen (secondary N) is 3. The lowest BCUT2D eigenvalue weighted by atomic mass is 10.1. The molecule has 0 aliphatic rings. The van der Waals surface area contributed by atoms with Crippen LogP contribution in [0, 0.1) is 0 Å². The number of aliphatic imine (C=N–C) groups is 1. The van der Waals surface area contributed by atoms with E-state index in [-0.39, 0.29) is 5.91 Å². The number of carbonyl (C=O) groups excluding carboxylic acids is 1. The maximum absolute atomic E-state index is 12.7. The number of para-hydroxylation sites is 1. The number of aryl methyl sites for hydroxylation is 1. The maximum atomic E-state index is 12.7. The van der Waals surface area contributed by atoms with Gasteiger partial charge >= 0.3 is 0 Å². The Balaban J connectivity index is 1.50. The molecule has 0 aliphatic heterocycles. The minimum Gasteiger partial charge on any atom is -0.494 e. The Hall–Kier alpha value is -4.07. The third kappa shape index (κ3) is 4.97. The summed E-state index contributed by atoms with van der Waals surface area (Å²) in [5.74, 6) is 0.879. The third-order valence-electron chi connectivity index (χ3n) is 5.04. The number of amides is 1. The van der Waals surface area contributed by atoms with Crippen molar-refractivity contribution < 1.29 is 9.53 Å². The molecule has 8 heteroatoms. The fourth-order valence-corrected chi connectivity index (χ4v) is 3.44. The number of fused-ring (bicyclic) bond motifs is 1. The number of hydrogen-bond donors (Lipinski definition) is 3. The van der Waals surface area contributed by atoms with Crippen molar-refractivity contribution in [2.45, 2.75) is 13.3 Å². The van der Waals surface area contributed by atoms with Gasteiger partial charge in [-0.3, -0.25) is 19.8 Å². The molecule has 0 radical (unpaired) electrons. The normalized spacial score (nSPS) is 11.5. The molecule has 0 atom stereocenters. The monoisotopic (exact) mass is 430 g/mol. The number of anilines is 1. The molecule has 4 rings (SSSR count). The molecular weight excluding hydrogens is 404 g/mol. The second kappa shape index (κ2) is 9.82. The van der Waals surface area contributed by atoms with Gasteiger partial charge in [-0.2, -0.15) is 5.10 Å². The zero-order chi connectivity index (χ0) is 22.3. The Morgan fingerprint density at radius 2 is 1.97 bits per heavy atom. The summed E-state index contributed by atoms with van der Waals surface area (Å²) in [5, 5.41) is 11.3. The molecule has 0 unspecified atom stereocenters. The van der Waals surface area contributed by atoms with E-state index in [1.54, 1.807) is 19.3 Å². The van der Waals surface area contributed by atoms with Gasteiger partial charge in [-0.05, 0) is 55.3 Å². The van der Waals surface area contributed by atoms with Gasteiger partial charge in [0.2, 0.25) is 5.96 Å². The minimum absolute atomic E-state index is 0.283. The molecule has 164 valence electrons. The molecule has 0 fully saturated rings. The van der Waals surface area contributed by atoms with Crippen molar-refractivity contribution in [2.24, 2.45) is 12.0 Å². The van der Waals surface area contributed by atoms with Crippen LogP contribution in [0.2, 0.25) is 0 Å². The summed E-state index contributed by atoms with van der Waals surface area (Å²) in [7, 11) is 1.72. The van der Waals surface area contributed by atoms with E-state index >= 15 is 0 Å². The predicted octanol–water partition coefficient (Wildman–Crippen LogP) is 3.74. The van der Waals surface area contributed by atoms with Crippen LogP contribution in [0.5, 0.6) is 5.75 Å². The van der Waals surface area contributed by atoms with Gasteiger partial charge in [0, 0.05) is 42.6 Å². The van der Waals surface area contributed by atoms with E-state index in [1.165, 1.54) is 15.6 Å². The van der Waals surface area contributed by atoms with Crippen LogP contribution < -0.4 is 15.4 Å². The van der Waals surface area contributed by atoms with E-state index in [0.717, 1.165) is 23.4 Å². The Morgan fingerprint density at radius 3 is 2.72 bits per heavy atom. The molecule has 2 aromatic carbocycles. The highest BCUT2D eigenvalue weighted by molar-refractivity contribution is 6.09. The van der Waals surface area contributed by atoms with Crippen molar-refractivity contribution in [3.05, 3.63) is 78.2 Å². The number of rotatable bonds is 7. The van der Waals surface area contributed by atoms with Crippen LogP contribution in [0.25, 0.3) is 10.9 Å². The summed E-state index contributed by atoms with van der Waals surface area (Å²) in [6, 6.07) is 17.4. The first-order chi connectivity index (χ1) is 15.6. The average Bonchev–Trinajstić information content (AvgIpc) is 3.41. The van der Waals surface area contributed by atoms with Crippen LogP contribution in [0.3, 0.4) is 0 Å². The predicted molar refractivity (Wildman–Crippen MR) is 126 cm³/mol. The molecule has 0 saturated carbocycles. The van der Waals surface area contributed by atoms with E-state index in [4.69, 9.17) is 4.74 Å². The molecule has 0 spiro atoms. The summed E-state index contributed by atoms with van der Waals surface area (Å²) >= 11 is 0. The number of aromatic nitrogens is 3. The summed E-state index contributed by atoms with van der Waals surface area (Å²) in [6.45, 7) is 3.06. The van der Waals surface area contributed by atoms with Gasteiger partial charge in [-0.25, -0.2) is 0 Å². The Morgan fingerprint density at radius 1 is 1.16 bits per heavy atom. The van der Waals surface area contributed by atoms with E-state index in [1.807, 2.05) is 49.5 Å².